The predicted octanol–water partition coefficient (Wildman–Crippen LogP) is 2.28. The van der Waals surface area contributed by atoms with Gasteiger partial charge in [0.25, 0.3) is 0 Å². The molecule has 1 atom stereocenters. The SMILES string of the molecule is CC(Cc1c(F)cccc1F)NC(=O)CC1(N)CCC1. The molecular formula is C15H20F2N2O. The third-order valence-corrected chi connectivity index (χ3v) is 3.84. The molecule has 1 unspecified atom stereocenters. The smallest absolute Gasteiger partial charge is 0.222 e. The summed E-state index contributed by atoms with van der Waals surface area (Å²) >= 11 is 0. The Kier molecular flexibility index (Phi) is 4.38. The van der Waals surface area contributed by atoms with Crippen LogP contribution in [0.5, 0.6) is 0 Å². The second-order valence-corrected chi connectivity index (χ2v) is 5.77. The summed E-state index contributed by atoms with van der Waals surface area (Å²) in [6.07, 6.45) is 3.17. The van der Waals surface area contributed by atoms with Crippen LogP contribution >= 0.6 is 0 Å². The number of hydrogen-bond donors (Lipinski definition) is 2. The van der Waals surface area contributed by atoms with Gasteiger partial charge in [-0.05, 0) is 44.7 Å². The lowest BCUT2D eigenvalue weighted by Crippen LogP contribution is -2.51. The summed E-state index contributed by atoms with van der Waals surface area (Å²) in [5.74, 6) is -1.32. The summed E-state index contributed by atoms with van der Waals surface area (Å²) in [4.78, 5) is 11.8. The first kappa shape index (κ1) is 14.9. The monoisotopic (exact) mass is 282 g/mol. The number of rotatable bonds is 5. The van der Waals surface area contributed by atoms with Crippen LogP contribution in [0.1, 0.15) is 38.2 Å². The quantitative estimate of drug-likeness (QED) is 0.870. The first-order valence-electron chi connectivity index (χ1n) is 6.91. The Labute approximate surface area is 117 Å². The van der Waals surface area contributed by atoms with Crippen LogP contribution in [0.25, 0.3) is 0 Å². The highest BCUT2D eigenvalue weighted by molar-refractivity contribution is 5.77. The van der Waals surface area contributed by atoms with Crippen molar-refractivity contribution in [2.75, 3.05) is 0 Å². The Hall–Kier alpha value is -1.49. The standard InChI is InChI=1S/C15H20F2N2O/c1-10(8-11-12(16)4-2-5-13(11)17)19-14(20)9-15(18)6-3-7-15/h2,4-5,10H,3,6-9,18H2,1H3,(H,19,20). The van der Waals surface area contributed by atoms with E-state index in [1.165, 1.54) is 18.2 Å². The van der Waals surface area contributed by atoms with Gasteiger partial charge in [0.05, 0.1) is 0 Å². The first-order valence-corrected chi connectivity index (χ1v) is 6.91. The van der Waals surface area contributed by atoms with Crippen molar-refractivity contribution in [1.29, 1.82) is 0 Å². The summed E-state index contributed by atoms with van der Waals surface area (Å²) in [6.45, 7) is 1.73. The number of hydrogen-bond acceptors (Lipinski definition) is 2. The minimum absolute atomic E-state index is 0.00593. The van der Waals surface area contributed by atoms with Crippen LogP contribution in [-0.2, 0) is 11.2 Å². The molecule has 3 N–H and O–H groups in total. The van der Waals surface area contributed by atoms with Crippen molar-refractivity contribution in [2.45, 2.75) is 50.6 Å². The average molecular weight is 282 g/mol. The number of amides is 1. The Morgan fingerprint density at radius 3 is 2.50 bits per heavy atom. The predicted molar refractivity (Wildman–Crippen MR) is 73.1 cm³/mol. The van der Waals surface area contributed by atoms with Crippen molar-refractivity contribution in [3.8, 4) is 0 Å². The number of nitrogens with two attached hydrogens (primary N) is 1. The highest BCUT2D eigenvalue weighted by Crippen LogP contribution is 2.31. The summed E-state index contributed by atoms with van der Waals surface area (Å²) in [5.41, 5.74) is 5.62. The van der Waals surface area contributed by atoms with Gasteiger partial charge in [-0.3, -0.25) is 4.79 Å². The van der Waals surface area contributed by atoms with Gasteiger partial charge in [-0.15, -0.1) is 0 Å². The number of nitrogens with one attached hydrogen (secondary N) is 1. The summed E-state index contributed by atoms with van der Waals surface area (Å²) in [6, 6.07) is 3.43. The van der Waals surface area contributed by atoms with Crippen molar-refractivity contribution in [3.05, 3.63) is 35.4 Å². The molecule has 0 spiro atoms. The average Bonchev–Trinajstić information content (AvgIpc) is 2.32. The largest absolute Gasteiger partial charge is 0.353 e. The molecular weight excluding hydrogens is 262 g/mol. The molecule has 1 saturated carbocycles. The molecule has 1 aliphatic rings. The number of benzene rings is 1. The van der Waals surface area contributed by atoms with Gasteiger partial charge in [-0.2, -0.15) is 0 Å². The fourth-order valence-electron chi connectivity index (χ4n) is 2.54. The molecule has 110 valence electrons. The van der Waals surface area contributed by atoms with E-state index < -0.39 is 11.6 Å². The van der Waals surface area contributed by atoms with Gasteiger partial charge in [-0.1, -0.05) is 6.07 Å². The van der Waals surface area contributed by atoms with Gasteiger partial charge >= 0.3 is 0 Å². The van der Waals surface area contributed by atoms with E-state index >= 15 is 0 Å². The highest BCUT2D eigenvalue weighted by Gasteiger charge is 2.34. The molecule has 20 heavy (non-hydrogen) atoms. The second-order valence-electron chi connectivity index (χ2n) is 5.77. The van der Waals surface area contributed by atoms with Crippen molar-refractivity contribution in [2.24, 2.45) is 5.73 Å². The molecule has 0 heterocycles. The van der Waals surface area contributed by atoms with E-state index in [4.69, 9.17) is 5.73 Å². The highest BCUT2D eigenvalue weighted by atomic mass is 19.1. The summed E-state index contributed by atoms with van der Waals surface area (Å²) < 4.78 is 27.0. The van der Waals surface area contributed by atoms with E-state index in [1.54, 1.807) is 6.92 Å². The molecule has 0 saturated heterocycles. The molecule has 3 nitrogen and oxygen atoms in total. The molecule has 1 fully saturated rings. The molecule has 5 heteroatoms. The van der Waals surface area contributed by atoms with E-state index in [-0.39, 0.29) is 35.9 Å². The van der Waals surface area contributed by atoms with E-state index in [0.717, 1.165) is 19.3 Å². The van der Waals surface area contributed by atoms with Crippen LogP contribution in [-0.4, -0.2) is 17.5 Å². The summed E-state index contributed by atoms with van der Waals surface area (Å²) in [5, 5.41) is 2.75. The van der Waals surface area contributed by atoms with Gasteiger partial charge in [0, 0.05) is 23.6 Å². The minimum atomic E-state index is -0.583. The van der Waals surface area contributed by atoms with E-state index in [1.807, 2.05) is 0 Å². The first-order chi connectivity index (χ1) is 9.39. The molecule has 0 aromatic heterocycles. The van der Waals surface area contributed by atoms with Crippen LogP contribution in [0.4, 0.5) is 8.78 Å². The lowest BCUT2D eigenvalue weighted by molar-refractivity contribution is -0.123. The van der Waals surface area contributed by atoms with Crippen molar-refractivity contribution < 1.29 is 13.6 Å². The molecule has 1 aliphatic carbocycles. The van der Waals surface area contributed by atoms with Gasteiger partial charge in [0.15, 0.2) is 0 Å². The maximum atomic E-state index is 13.5. The Morgan fingerprint density at radius 2 is 2.00 bits per heavy atom. The van der Waals surface area contributed by atoms with Crippen LogP contribution in [0.3, 0.4) is 0 Å². The van der Waals surface area contributed by atoms with Crippen LogP contribution in [0.2, 0.25) is 0 Å². The van der Waals surface area contributed by atoms with Crippen LogP contribution in [0, 0.1) is 11.6 Å². The van der Waals surface area contributed by atoms with E-state index in [9.17, 15) is 13.6 Å². The normalized spacial score (nSPS) is 18.2. The lowest BCUT2D eigenvalue weighted by atomic mass is 9.75. The second kappa shape index (κ2) is 5.87. The minimum Gasteiger partial charge on any atom is -0.353 e. The van der Waals surface area contributed by atoms with Gasteiger partial charge < -0.3 is 11.1 Å². The third kappa shape index (κ3) is 3.54. The molecule has 0 radical (unpaired) electrons. The molecule has 0 aliphatic heterocycles. The number of carbonyl (C=O) groups is 1. The molecule has 1 amide bonds. The van der Waals surface area contributed by atoms with Crippen molar-refractivity contribution >= 4 is 5.91 Å². The molecule has 0 bridgehead atoms. The van der Waals surface area contributed by atoms with E-state index in [0.29, 0.717) is 0 Å². The molecule has 1 aromatic carbocycles. The Balaban J connectivity index is 1.89. The number of carbonyl (C=O) groups excluding carboxylic acids is 1. The maximum Gasteiger partial charge on any atom is 0.222 e. The van der Waals surface area contributed by atoms with Crippen molar-refractivity contribution in [3.63, 3.8) is 0 Å². The topological polar surface area (TPSA) is 55.1 Å². The fraction of sp³-hybridized carbons (Fsp3) is 0.533. The van der Waals surface area contributed by atoms with Crippen LogP contribution in [0.15, 0.2) is 18.2 Å². The Morgan fingerprint density at radius 1 is 1.40 bits per heavy atom. The molecule has 2 rings (SSSR count). The summed E-state index contributed by atoms with van der Waals surface area (Å²) in [7, 11) is 0. The number of halogens is 2. The third-order valence-electron chi connectivity index (χ3n) is 3.84. The van der Waals surface area contributed by atoms with E-state index in [2.05, 4.69) is 5.32 Å². The zero-order valence-corrected chi connectivity index (χ0v) is 11.6. The Bertz CT molecular complexity index is 480. The zero-order chi connectivity index (χ0) is 14.8. The zero-order valence-electron chi connectivity index (χ0n) is 11.6. The lowest BCUT2D eigenvalue weighted by Gasteiger charge is -2.37. The maximum absolute atomic E-state index is 13.5. The fourth-order valence-corrected chi connectivity index (χ4v) is 2.54. The van der Waals surface area contributed by atoms with Crippen molar-refractivity contribution in [1.82, 2.24) is 5.32 Å². The van der Waals surface area contributed by atoms with Crippen LogP contribution < -0.4 is 11.1 Å². The van der Waals surface area contributed by atoms with Gasteiger partial charge in [0.2, 0.25) is 5.91 Å². The molecule has 1 aromatic rings. The van der Waals surface area contributed by atoms with Gasteiger partial charge in [-0.25, -0.2) is 8.78 Å². The van der Waals surface area contributed by atoms with Gasteiger partial charge in [0.1, 0.15) is 11.6 Å².